The molecule has 154 valence electrons. The van der Waals surface area contributed by atoms with Gasteiger partial charge in [0.25, 0.3) is 0 Å². The lowest BCUT2D eigenvalue weighted by Crippen LogP contribution is -2.23. The van der Waals surface area contributed by atoms with E-state index in [0.717, 1.165) is 16.8 Å². The molecule has 1 aromatic heterocycles. The lowest BCUT2D eigenvalue weighted by Gasteiger charge is -2.15. The predicted molar refractivity (Wildman–Crippen MR) is 118 cm³/mol. The monoisotopic (exact) mass is 461 g/mol. The zero-order valence-electron chi connectivity index (χ0n) is 15.9. The van der Waals surface area contributed by atoms with E-state index in [1.165, 1.54) is 22.0 Å². The Hall–Kier alpha value is -2.68. The van der Waals surface area contributed by atoms with Crippen molar-refractivity contribution < 1.29 is 8.42 Å². The number of hydrazone groups is 1. The lowest BCUT2D eigenvalue weighted by atomic mass is 9.91. The molecule has 1 unspecified atom stereocenters. The van der Waals surface area contributed by atoms with E-state index in [9.17, 15) is 8.42 Å². The number of sulfonamides is 1. The van der Waals surface area contributed by atoms with Gasteiger partial charge >= 0.3 is 10.0 Å². The van der Waals surface area contributed by atoms with Crippen molar-refractivity contribution in [2.75, 3.05) is 6.54 Å². The highest BCUT2D eigenvalue weighted by molar-refractivity contribution is 7.90. The third-order valence-electron chi connectivity index (χ3n) is 4.62. The SMILES string of the molecule is Cn1ccc(S(=O)(=O)/N=C(/Cl)N2CC(c3ccccc3)C(c3ccc(Cl)cc3)=N2)n1. The zero-order chi connectivity index (χ0) is 21.3. The molecule has 2 aromatic carbocycles. The first kappa shape index (κ1) is 20.6. The van der Waals surface area contributed by atoms with Crippen LogP contribution in [0.3, 0.4) is 0 Å². The molecule has 0 aliphatic carbocycles. The van der Waals surface area contributed by atoms with E-state index in [-0.39, 0.29) is 16.2 Å². The van der Waals surface area contributed by atoms with Crippen LogP contribution in [0.5, 0.6) is 0 Å². The van der Waals surface area contributed by atoms with E-state index in [2.05, 4.69) is 14.6 Å². The number of halogens is 2. The Kier molecular flexibility index (Phi) is 5.64. The van der Waals surface area contributed by atoms with Gasteiger partial charge in [-0.05, 0) is 40.9 Å². The summed E-state index contributed by atoms with van der Waals surface area (Å²) in [5.74, 6) is -0.117. The van der Waals surface area contributed by atoms with Crippen LogP contribution in [-0.4, -0.2) is 40.8 Å². The molecule has 30 heavy (non-hydrogen) atoms. The summed E-state index contributed by atoms with van der Waals surface area (Å²) >= 11 is 12.3. The second-order valence-electron chi connectivity index (χ2n) is 6.70. The number of rotatable bonds is 4. The van der Waals surface area contributed by atoms with Crippen molar-refractivity contribution in [2.24, 2.45) is 16.5 Å². The second kappa shape index (κ2) is 8.22. The molecule has 7 nitrogen and oxygen atoms in total. The average Bonchev–Trinajstić information content (AvgIpc) is 3.36. The fourth-order valence-corrected chi connectivity index (χ4v) is 4.53. The molecule has 0 spiro atoms. The van der Waals surface area contributed by atoms with Crippen LogP contribution in [0.4, 0.5) is 0 Å². The van der Waals surface area contributed by atoms with E-state index in [4.69, 9.17) is 23.2 Å². The first-order valence-corrected chi connectivity index (χ1v) is 11.2. The average molecular weight is 462 g/mol. The summed E-state index contributed by atoms with van der Waals surface area (Å²) in [6, 6.07) is 18.5. The van der Waals surface area contributed by atoms with Gasteiger partial charge in [-0.25, -0.2) is 5.01 Å². The van der Waals surface area contributed by atoms with Crippen molar-refractivity contribution in [3.8, 4) is 0 Å². The van der Waals surface area contributed by atoms with E-state index >= 15 is 0 Å². The third-order valence-corrected chi connectivity index (χ3v) is 6.41. The number of benzene rings is 2. The summed E-state index contributed by atoms with van der Waals surface area (Å²) in [4.78, 5) is 0. The topological polar surface area (TPSA) is 79.9 Å². The molecule has 1 aliphatic heterocycles. The number of amidine groups is 1. The molecular weight excluding hydrogens is 445 g/mol. The largest absolute Gasteiger partial charge is 0.304 e. The highest BCUT2D eigenvalue weighted by atomic mass is 35.5. The van der Waals surface area contributed by atoms with Crippen LogP contribution in [-0.2, 0) is 17.1 Å². The van der Waals surface area contributed by atoms with Crippen LogP contribution in [0.25, 0.3) is 0 Å². The molecule has 0 bridgehead atoms. The Morgan fingerprint density at radius 2 is 1.80 bits per heavy atom. The van der Waals surface area contributed by atoms with Crippen molar-refractivity contribution >= 4 is 44.2 Å². The third kappa shape index (κ3) is 4.26. The standard InChI is InChI=1S/C20H17Cl2N5O2S/c1-26-12-11-18(23-26)30(28,29)25-20(22)27-13-17(14-5-3-2-4-6-14)19(24-27)15-7-9-16(21)10-8-15/h2-12,17H,13H2,1H3/b25-20-. The van der Waals surface area contributed by atoms with Gasteiger partial charge in [0.15, 0.2) is 5.03 Å². The Balaban J connectivity index is 1.71. The zero-order valence-corrected chi connectivity index (χ0v) is 18.2. The smallest absolute Gasteiger partial charge is 0.274 e. The van der Waals surface area contributed by atoms with Crippen LogP contribution in [0.15, 0.2) is 81.4 Å². The molecule has 0 radical (unpaired) electrons. The molecule has 0 fully saturated rings. The van der Waals surface area contributed by atoms with Crippen molar-refractivity contribution in [3.05, 3.63) is 83.0 Å². The summed E-state index contributed by atoms with van der Waals surface area (Å²) in [6.45, 7) is 0.349. The van der Waals surface area contributed by atoms with Crippen LogP contribution in [0, 0.1) is 0 Å². The van der Waals surface area contributed by atoms with Crippen molar-refractivity contribution in [2.45, 2.75) is 10.9 Å². The van der Waals surface area contributed by atoms with Crippen LogP contribution in [0.2, 0.25) is 5.02 Å². The Labute approximate surface area is 184 Å². The number of aryl methyl sites for hydroxylation is 1. The van der Waals surface area contributed by atoms with E-state index < -0.39 is 10.0 Å². The molecule has 2 heterocycles. The molecule has 4 rings (SSSR count). The fraction of sp³-hybridized carbons (Fsp3) is 0.150. The molecule has 3 aromatic rings. The van der Waals surface area contributed by atoms with Crippen LogP contribution < -0.4 is 0 Å². The first-order chi connectivity index (χ1) is 14.3. The Bertz CT molecular complexity index is 1220. The van der Waals surface area contributed by atoms with Crippen molar-refractivity contribution in [3.63, 3.8) is 0 Å². The maximum Gasteiger partial charge on any atom is 0.304 e. The predicted octanol–water partition coefficient (Wildman–Crippen LogP) is 3.86. The maximum atomic E-state index is 12.5. The summed E-state index contributed by atoms with van der Waals surface area (Å²) in [6.07, 6.45) is 1.52. The maximum absolute atomic E-state index is 12.5. The highest BCUT2D eigenvalue weighted by Crippen LogP contribution is 2.30. The van der Waals surface area contributed by atoms with E-state index in [1.54, 1.807) is 19.2 Å². The summed E-state index contributed by atoms with van der Waals surface area (Å²) in [5, 5.41) is 10.1. The molecule has 0 N–H and O–H groups in total. The van der Waals surface area contributed by atoms with Gasteiger partial charge in [0.05, 0.1) is 12.3 Å². The quantitative estimate of drug-likeness (QED) is 0.335. The summed E-state index contributed by atoms with van der Waals surface area (Å²) in [5.41, 5.74) is 2.65. The van der Waals surface area contributed by atoms with Gasteiger partial charge in [0.1, 0.15) is 0 Å². The molecule has 1 atom stereocenters. The molecule has 0 saturated carbocycles. The second-order valence-corrected chi connectivity index (χ2v) is 9.03. The Morgan fingerprint density at radius 1 is 1.10 bits per heavy atom. The van der Waals surface area contributed by atoms with Gasteiger partial charge in [0.2, 0.25) is 5.29 Å². The molecule has 10 heteroatoms. The van der Waals surface area contributed by atoms with Crippen LogP contribution in [0.1, 0.15) is 17.0 Å². The summed E-state index contributed by atoms with van der Waals surface area (Å²) in [7, 11) is -2.43. The Morgan fingerprint density at radius 3 is 2.43 bits per heavy atom. The minimum Gasteiger partial charge on any atom is -0.274 e. The van der Waals surface area contributed by atoms with E-state index in [0.29, 0.717) is 11.6 Å². The number of nitrogens with zero attached hydrogens (tertiary/aromatic N) is 5. The minimum absolute atomic E-state index is 0.117. The van der Waals surface area contributed by atoms with Gasteiger partial charge in [-0.1, -0.05) is 54.1 Å². The number of hydrogen-bond acceptors (Lipinski definition) is 4. The molecular formula is C20H17Cl2N5O2S. The van der Waals surface area contributed by atoms with Gasteiger partial charge in [-0.2, -0.15) is 18.6 Å². The van der Waals surface area contributed by atoms with Gasteiger partial charge in [-0.15, -0.1) is 4.40 Å². The van der Waals surface area contributed by atoms with Crippen LogP contribution >= 0.6 is 23.2 Å². The van der Waals surface area contributed by atoms with Crippen molar-refractivity contribution in [1.82, 2.24) is 14.8 Å². The lowest BCUT2D eigenvalue weighted by molar-refractivity contribution is 0.483. The van der Waals surface area contributed by atoms with Crippen molar-refractivity contribution in [1.29, 1.82) is 0 Å². The molecule has 0 amide bonds. The molecule has 0 saturated heterocycles. The van der Waals surface area contributed by atoms with Gasteiger partial charge in [0, 0.05) is 24.2 Å². The number of hydrogen-bond donors (Lipinski definition) is 0. The number of aromatic nitrogens is 2. The van der Waals surface area contributed by atoms with E-state index in [1.807, 2.05) is 42.5 Å². The summed E-state index contributed by atoms with van der Waals surface area (Å²) < 4.78 is 30.1. The first-order valence-electron chi connectivity index (χ1n) is 9.00. The highest BCUT2D eigenvalue weighted by Gasteiger charge is 2.32. The van der Waals surface area contributed by atoms with Gasteiger partial charge in [-0.3, -0.25) is 4.68 Å². The minimum atomic E-state index is -4.05. The van der Waals surface area contributed by atoms with Gasteiger partial charge < -0.3 is 0 Å². The fourth-order valence-electron chi connectivity index (χ4n) is 3.17. The molecule has 1 aliphatic rings. The normalized spacial score (nSPS) is 17.3.